The summed E-state index contributed by atoms with van der Waals surface area (Å²) in [7, 11) is -1.32. The Balaban J connectivity index is 2.02. The molecule has 13 heteroatoms. The molecule has 0 amide bonds. The summed E-state index contributed by atoms with van der Waals surface area (Å²) in [5.74, 6) is -24.1. The number of halogens is 10. The van der Waals surface area contributed by atoms with Gasteiger partial charge in [0.1, 0.15) is 0 Å². The van der Waals surface area contributed by atoms with E-state index >= 15 is 17.6 Å². The van der Waals surface area contributed by atoms with Gasteiger partial charge < -0.3 is 0 Å². The van der Waals surface area contributed by atoms with Crippen LogP contribution in [0, 0.1) is 58.2 Å². The van der Waals surface area contributed by atoms with Crippen molar-refractivity contribution in [2.75, 3.05) is 13.3 Å². The van der Waals surface area contributed by atoms with Crippen LogP contribution in [0.1, 0.15) is 24.5 Å². The molecule has 3 aromatic rings. The van der Waals surface area contributed by atoms with Crippen LogP contribution in [0.2, 0.25) is 0 Å². The molecule has 42 heavy (non-hydrogen) atoms. The van der Waals surface area contributed by atoms with Crippen molar-refractivity contribution in [1.82, 2.24) is 0 Å². The van der Waals surface area contributed by atoms with Crippen LogP contribution in [0.3, 0.4) is 0 Å². The van der Waals surface area contributed by atoms with Gasteiger partial charge in [0.05, 0.1) is 0 Å². The summed E-state index contributed by atoms with van der Waals surface area (Å²) < 4.78 is 147. The first kappa shape index (κ1) is 31.0. The molecule has 0 nitrogen and oxygen atoms in total. The predicted octanol–water partition coefficient (Wildman–Crippen LogP) is 7.66. The van der Waals surface area contributed by atoms with E-state index < -0.39 is 106 Å². The topological polar surface area (TPSA) is 0 Å². The van der Waals surface area contributed by atoms with Gasteiger partial charge in [0, 0.05) is 0 Å². The second kappa shape index (κ2) is 11.2. The van der Waals surface area contributed by atoms with E-state index in [0.717, 1.165) is 0 Å². The van der Waals surface area contributed by atoms with Crippen LogP contribution >= 0.6 is 7.92 Å². The molecular weight excluding hydrogens is 671 g/mol. The molecule has 0 radical (unpaired) electrons. The maximum absolute atomic E-state index is 15.7. The summed E-state index contributed by atoms with van der Waals surface area (Å²) in [4.78, 5) is 0. The average molecular weight is 690 g/mol. The van der Waals surface area contributed by atoms with Gasteiger partial charge in [0.15, 0.2) is 0 Å². The summed E-state index contributed by atoms with van der Waals surface area (Å²) in [5.41, 5.74) is -1.32. The standard InChI is InChI=1S/C12BF10.C12H14P.C5H5.Zr/c14-3-1(4(15)8(19)11(22)7(3)18)13-2-5(16)9(20)12(23)10(21)6(2)17;1-9-8-10-6-4-5-7-11(10)12(9)13(2)3;1-2-4-5-3-1;/h;4-8H,1-3H3;1-3H,4H2;/q+1;;;-1. The van der Waals surface area contributed by atoms with Crippen molar-refractivity contribution < 1.29 is 65.4 Å². The zero-order valence-electron chi connectivity index (χ0n) is 22.1. The SMILES string of the molecule is CC1=Cc2ccccc2[C]1(P(C)C)[Zr]([B](c1c(F)c(F)c(F)c(F)c1F)c1c(F)c(F)c(F)c(F)c1F)[C]1=CC=CC1. The van der Waals surface area contributed by atoms with Crippen molar-refractivity contribution in [3.8, 4) is 0 Å². The fourth-order valence-electron chi connectivity index (χ4n) is 6.15. The Bertz CT molecular complexity index is 1610. The Hall–Kier alpha value is -2.44. The van der Waals surface area contributed by atoms with E-state index in [1.165, 1.54) is 0 Å². The molecule has 0 aliphatic heterocycles. The van der Waals surface area contributed by atoms with Gasteiger partial charge in [0.2, 0.25) is 0 Å². The third kappa shape index (κ3) is 4.34. The van der Waals surface area contributed by atoms with Crippen molar-refractivity contribution in [2.24, 2.45) is 0 Å². The molecule has 0 saturated carbocycles. The van der Waals surface area contributed by atoms with Crippen LogP contribution in [-0.4, -0.2) is 17.6 Å². The molecule has 217 valence electrons. The molecule has 3 aromatic carbocycles. The summed E-state index contributed by atoms with van der Waals surface area (Å²) in [6.45, 7) is 5.29. The van der Waals surface area contributed by atoms with E-state index in [2.05, 4.69) is 0 Å². The molecule has 0 fully saturated rings. The van der Waals surface area contributed by atoms with Crippen molar-refractivity contribution in [1.29, 1.82) is 0 Å². The zero-order valence-corrected chi connectivity index (χ0v) is 25.5. The Labute approximate surface area is 244 Å². The Kier molecular flexibility index (Phi) is 8.30. The maximum atomic E-state index is 15.7. The van der Waals surface area contributed by atoms with Gasteiger partial charge in [-0.2, -0.15) is 0 Å². The molecular formula is C29H19BF10PZr. The van der Waals surface area contributed by atoms with Crippen LogP contribution in [0.25, 0.3) is 6.08 Å². The minimum absolute atomic E-state index is 0.108. The van der Waals surface area contributed by atoms with E-state index in [1.54, 1.807) is 68.8 Å². The minimum atomic E-state index is -4.64. The van der Waals surface area contributed by atoms with Gasteiger partial charge in [-0.15, -0.1) is 0 Å². The van der Waals surface area contributed by atoms with Gasteiger partial charge in [0.25, 0.3) is 0 Å². The fourth-order valence-corrected chi connectivity index (χ4v) is 23.0. The van der Waals surface area contributed by atoms with Crippen molar-refractivity contribution in [3.05, 3.63) is 121 Å². The molecule has 2 aliphatic rings. The van der Waals surface area contributed by atoms with Crippen LogP contribution < -0.4 is 10.9 Å². The fraction of sp³-hybridized carbons (Fsp3) is 0.172. The predicted molar refractivity (Wildman–Crippen MR) is 140 cm³/mol. The molecule has 0 heterocycles. The van der Waals surface area contributed by atoms with Crippen LogP contribution in [0.15, 0.2) is 51.3 Å². The van der Waals surface area contributed by atoms with Gasteiger partial charge >= 0.3 is 245 Å². The van der Waals surface area contributed by atoms with Gasteiger partial charge in [-0.1, -0.05) is 0 Å². The van der Waals surface area contributed by atoms with Crippen LogP contribution in [0.4, 0.5) is 43.9 Å². The Morgan fingerprint density at radius 2 is 1.14 bits per heavy atom. The van der Waals surface area contributed by atoms with Gasteiger partial charge in [-0.05, 0) is 0 Å². The normalized spacial score (nSPS) is 17.6. The number of benzene rings is 3. The second-order valence-corrected chi connectivity index (χ2v) is 20.5. The second-order valence-electron chi connectivity index (χ2n) is 10.2. The first-order chi connectivity index (χ1) is 19.8. The summed E-state index contributed by atoms with van der Waals surface area (Å²) in [6, 6.07) is 6.85. The van der Waals surface area contributed by atoms with E-state index in [4.69, 9.17) is 0 Å². The number of hydrogen-bond donors (Lipinski definition) is 0. The van der Waals surface area contributed by atoms with E-state index in [1.807, 2.05) is 0 Å². The molecule has 0 spiro atoms. The number of fused-ring (bicyclic) bond motifs is 1. The van der Waals surface area contributed by atoms with Gasteiger partial charge in [-0.25, -0.2) is 0 Å². The average Bonchev–Trinajstić information content (AvgIpc) is 3.60. The first-order valence-electron chi connectivity index (χ1n) is 12.5. The molecule has 0 aromatic heterocycles. The van der Waals surface area contributed by atoms with Crippen LogP contribution in [0.5, 0.6) is 0 Å². The molecule has 1 atom stereocenters. The quantitative estimate of drug-likeness (QED) is 0.0820. The van der Waals surface area contributed by atoms with Crippen molar-refractivity contribution >= 4 is 29.2 Å². The number of rotatable bonds is 6. The van der Waals surface area contributed by atoms with Gasteiger partial charge in [-0.3, -0.25) is 0 Å². The molecule has 0 bridgehead atoms. The molecule has 0 N–H and O–H groups in total. The molecule has 1 unspecified atom stereocenters. The zero-order chi connectivity index (χ0) is 30.8. The van der Waals surface area contributed by atoms with Crippen molar-refractivity contribution in [3.63, 3.8) is 0 Å². The van der Waals surface area contributed by atoms with E-state index in [0.29, 0.717) is 20.0 Å². The first-order valence-corrected chi connectivity index (χ1v) is 18.6. The molecule has 2 aliphatic carbocycles. The van der Waals surface area contributed by atoms with E-state index in [-0.39, 0.29) is 6.42 Å². The summed E-state index contributed by atoms with van der Waals surface area (Å²) in [6.07, 6.45) is 6.65. The van der Waals surface area contributed by atoms with Crippen molar-refractivity contribution in [2.45, 2.75) is 16.2 Å². The van der Waals surface area contributed by atoms with E-state index in [9.17, 15) is 26.3 Å². The van der Waals surface area contributed by atoms with Crippen LogP contribution in [-0.2, 0) is 24.4 Å². The third-order valence-electron chi connectivity index (χ3n) is 7.82. The third-order valence-corrected chi connectivity index (χ3v) is 23.5. The summed E-state index contributed by atoms with van der Waals surface area (Å²) >= 11 is -4.64. The molecule has 5 rings (SSSR count). The number of hydrogen-bond acceptors (Lipinski definition) is 0. The molecule has 0 saturated heterocycles. The Morgan fingerprint density at radius 3 is 1.57 bits per heavy atom. The number of allylic oxidation sites excluding steroid dienone is 5. The Morgan fingerprint density at radius 1 is 0.690 bits per heavy atom. The summed E-state index contributed by atoms with van der Waals surface area (Å²) in [5, 5.41) is 0. The monoisotopic (exact) mass is 689 g/mol.